The molecular formula is C13H23N3O3. The van der Waals surface area contributed by atoms with Crippen LogP contribution in [-0.2, 0) is 9.59 Å². The second-order valence-corrected chi connectivity index (χ2v) is 6.27. The predicted molar refractivity (Wildman–Crippen MR) is 70.1 cm³/mol. The summed E-state index contributed by atoms with van der Waals surface area (Å²) in [5.74, 6) is -0.310. The summed E-state index contributed by atoms with van der Waals surface area (Å²) in [5, 5.41) is 13.0. The molecule has 2 aliphatic rings. The third-order valence-corrected chi connectivity index (χ3v) is 4.16. The minimum Gasteiger partial charge on any atom is -0.392 e. The van der Waals surface area contributed by atoms with E-state index >= 15 is 0 Å². The molecule has 2 aliphatic heterocycles. The Morgan fingerprint density at radius 2 is 2.26 bits per heavy atom. The molecule has 2 amide bonds. The molecule has 0 aromatic carbocycles. The van der Waals surface area contributed by atoms with Crippen LogP contribution in [0.25, 0.3) is 0 Å². The number of carbonyl (C=O) groups excluding carboxylic acids is 2. The fraction of sp³-hybridized carbons (Fsp3) is 0.846. The zero-order valence-corrected chi connectivity index (χ0v) is 11.6. The lowest BCUT2D eigenvalue weighted by Gasteiger charge is -2.47. The van der Waals surface area contributed by atoms with Crippen molar-refractivity contribution in [3.63, 3.8) is 0 Å². The van der Waals surface area contributed by atoms with E-state index < -0.39 is 17.1 Å². The first kappa shape index (κ1) is 14.3. The number of nitrogens with zero attached hydrogens (tertiary/aromatic N) is 1. The van der Waals surface area contributed by atoms with Gasteiger partial charge in [-0.1, -0.05) is 0 Å². The number of aliphatic hydroxyl groups excluding tert-OH is 1. The van der Waals surface area contributed by atoms with Gasteiger partial charge in [0.25, 0.3) is 0 Å². The number of aliphatic hydroxyl groups is 1. The lowest BCUT2D eigenvalue weighted by atomic mass is 9.71. The number of rotatable bonds is 1. The Bertz CT molecular complexity index is 391. The molecule has 4 N–H and O–H groups in total. The van der Waals surface area contributed by atoms with Crippen LogP contribution in [0.15, 0.2) is 0 Å². The van der Waals surface area contributed by atoms with Crippen LogP contribution in [0.2, 0.25) is 0 Å². The molecular weight excluding hydrogens is 246 g/mol. The normalized spacial score (nSPS) is 32.3. The average molecular weight is 269 g/mol. The van der Waals surface area contributed by atoms with Crippen LogP contribution in [0.3, 0.4) is 0 Å². The highest BCUT2D eigenvalue weighted by atomic mass is 16.3. The summed E-state index contributed by atoms with van der Waals surface area (Å²) >= 11 is 0. The Balaban J connectivity index is 2.21. The highest BCUT2D eigenvalue weighted by Gasteiger charge is 2.51. The van der Waals surface area contributed by atoms with Crippen LogP contribution in [0.4, 0.5) is 0 Å². The summed E-state index contributed by atoms with van der Waals surface area (Å²) in [4.78, 5) is 26.0. The molecule has 2 heterocycles. The number of hydrogen-bond donors (Lipinski definition) is 3. The number of likely N-dealkylation sites (tertiary alicyclic amines) is 1. The monoisotopic (exact) mass is 269 g/mol. The Hall–Kier alpha value is -1.14. The van der Waals surface area contributed by atoms with Crippen LogP contribution in [0.1, 0.15) is 33.1 Å². The van der Waals surface area contributed by atoms with Gasteiger partial charge in [-0.15, -0.1) is 0 Å². The van der Waals surface area contributed by atoms with Crippen LogP contribution < -0.4 is 11.1 Å². The van der Waals surface area contributed by atoms with Gasteiger partial charge in [0.2, 0.25) is 11.8 Å². The molecule has 0 aromatic heterocycles. The Morgan fingerprint density at radius 3 is 2.84 bits per heavy atom. The molecule has 19 heavy (non-hydrogen) atoms. The van der Waals surface area contributed by atoms with E-state index in [4.69, 9.17) is 5.73 Å². The van der Waals surface area contributed by atoms with Crippen LogP contribution >= 0.6 is 0 Å². The molecule has 0 unspecified atom stereocenters. The summed E-state index contributed by atoms with van der Waals surface area (Å²) in [5.41, 5.74) is 4.04. The third kappa shape index (κ3) is 2.47. The highest BCUT2D eigenvalue weighted by molar-refractivity contribution is 5.88. The number of carbonyl (C=O) groups is 2. The molecule has 0 radical (unpaired) electrons. The minimum atomic E-state index is -0.950. The molecule has 0 aromatic rings. The van der Waals surface area contributed by atoms with Crippen molar-refractivity contribution in [1.82, 2.24) is 10.2 Å². The molecule has 2 rings (SSSR count). The third-order valence-electron chi connectivity index (χ3n) is 4.16. The number of nitrogens with one attached hydrogen (secondary N) is 1. The first-order valence-corrected chi connectivity index (χ1v) is 6.82. The summed E-state index contributed by atoms with van der Waals surface area (Å²) in [7, 11) is 0. The van der Waals surface area contributed by atoms with Gasteiger partial charge in [-0.05, 0) is 33.1 Å². The molecule has 6 nitrogen and oxygen atoms in total. The largest absolute Gasteiger partial charge is 0.392 e. The lowest BCUT2D eigenvalue weighted by molar-refractivity contribution is -0.156. The standard InChI is InChI=1S/C13H23N3O3/c1-12(2,14)11(19)16-7-4-9(17)13(8-16)5-3-6-15-10(13)18/h9,17H,3-8,14H2,1-2H3,(H,15,18)/t9-,13+/m0/s1. The first-order chi connectivity index (χ1) is 8.77. The van der Waals surface area contributed by atoms with Crippen molar-refractivity contribution in [2.24, 2.45) is 11.1 Å². The van der Waals surface area contributed by atoms with Crippen molar-refractivity contribution in [1.29, 1.82) is 0 Å². The van der Waals surface area contributed by atoms with Crippen LogP contribution in [0.5, 0.6) is 0 Å². The number of hydrogen-bond acceptors (Lipinski definition) is 4. The Morgan fingerprint density at radius 1 is 1.58 bits per heavy atom. The maximum absolute atomic E-state index is 12.2. The second kappa shape index (κ2) is 4.76. The van der Waals surface area contributed by atoms with Gasteiger partial charge in [-0.25, -0.2) is 0 Å². The van der Waals surface area contributed by atoms with Crippen LogP contribution in [0, 0.1) is 5.41 Å². The molecule has 2 fully saturated rings. The van der Waals surface area contributed by atoms with Crippen molar-refractivity contribution in [2.75, 3.05) is 19.6 Å². The predicted octanol–water partition coefficient (Wildman–Crippen LogP) is -0.787. The fourth-order valence-electron chi connectivity index (χ4n) is 3.02. The van der Waals surface area contributed by atoms with Gasteiger partial charge in [0.1, 0.15) is 0 Å². The summed E-state index contributed by atoms with van der Waals surface area (Å²) in [6.07, 6.45) is 1.19. The molecule has 1 spiro atoms. The van der Waals surface area contributed by atoms with E-state index in [9.17, 15) is 14.7 Å². The molecule has 2 atom stereocenters. The van der Waals surface area contributed by atoms with E-state index in [0.29, 0.717) is 25.9 Å². The maximum atomic E-state index is 12.2. The maximum Gasteiger partial charge on any atom is 0.242 e. The topological polar surface area (TPSA) is 95.7 Å². The van der Waals surface area contributed by atoms with E-state index in [1.54, 1.807) is 18.7 Å². The van der Waals surface area contributed by atoms with Gasteiger partial charge in [0, 0.05) is 19.6 Å². The Labute approximate surface area is 113 Å². The van der Waals surface area contributed by atoms with Gasteiger partial charge >= 0.3 is 0 Å². The summed E-state index contributed by atoms with van der Waals surface area (Å²) < 4.78 is 0. The molecule has 6 heteroatoms. The van der Waals surface area contributed by atoms with Crippen molar-refractivity contribution in [3.8, 4) is 0 Å². The molecule has 108 valence electrons. The molecule has 0 aliphatic carbocycles. The average Bonchev–Trinajstić information content (AvgIpc) is 2.34. The second-order valence-electron chi connectivity index (χ2n) is 6.27. The number of piperidine rings is 2. The van der Waals surface area contributed by atoms with E-state index in [-0.39, 0.29) is 18.4 Å². The fourth-order valence-corrected chi connectivity index (χ4v) is 3.02. The Kier molecular flexibility index (Phi) is 3.57. The molecule has 0 bridgehead atoms. The lowest BCUT2D eigenvalue weighted by Crippen LogP contribution is -2.64. The molecule has 2 saturated heterocycles. The van der Waals surface area contributed by atoms with Gasteiger partial charge in [0.05, 0.1) is 17.1 Å². The van der Waals surface area contributed by atoms with Crippen molar-refractivity contribution < 1.29 is 14.7 Å². The van der Waals surface area contributed by atoms with E-state index in [1.807, 2.05) is 0 Å². The van der Waals surface area contributed by atoms with E-state index in [2.05, 4.69) is 5.32 Å². The zero-order chi connectivity index (χ0) is 14.3. The van der Waals surface area contributed by atoms with E-state index in [1.165, 1.54) is 0 Å². The first-order valence-electron chi connectivity index (χ1n) is 6.82. The minimum absolute atomic E-state index is 0.140. The summed E-state index contributed by atoms with van der Waals surface area (Å²) in [6.45, 7) is 4.68. The smallest absolute Gasteiger partial charge is 0.242 e. The van der Waals surface area contributed by atoms with Crippen molar-refractivity contribution in [3.05, 3.63) is 0 Å². The SMILES string of the molecule is CC(C)(N)C(=O)N1CC[C@H](O)[C@@]2(CCCNC2=O)C1. The molecule has 0 saturated carbocycles. The number of nitrogens with two attached hydrogens (primary N) is 1. The van der Waals surface area contributed by atoms with Crippen molar-refractivity contribution in [2.45, 2.75) is 44.8 Å². The zero-order valence-electron chi connectivity index (χ0n) is 11.6. The van der Waals surface area contributed by atoms with Gasteiger partial charge < -0.3 is 21.1 Å². The quantitative estimate of drug-likeness (QED) is 0.581. The van der Waals surface area contributed by atoms with Gasteiger partial charge in [-0.2, -0.15) is 0 Å². The van der Waals surface area contributed by atoms with Gasteiger partial charge in [0.15, 0.2) is 0 Å². The van der Waals surface area contributed by atoms with Crippen LogP contribution in [-0.4, -0.2) is 53.1 Å². The number of amides is 2. The summed E-state index contributed by atoms with van der Waals surface area (Å²) in [6, 6.07) is 0. The van der Waals surface area contributed by atoms with E-state index in [0.717, 1.165) is 6.42 Å². The van der Waals surface area contributed by atoms with Gasteiger partial charge in [-0.3, -0.25) is 9.59 Å². The highest BCUT2D eigenvalue weighted by Crippen LogP contribution is 2.37. The van der Waals surface area contributed by atoms with Crippen molar-refractivity contribution >= 4 is 11.8 Å².